The van der Waals surface area contributed by atoms with Crippen molar-refractivity contribution in [2.24, 2.45) is 5.10 Å². The van der Waals surface area contributed by atoms with Gasteiger partial charge in [-0.15, -0.1) is 0 Å². The van der Waals surface area contributed by atoms with Crippen LogP contribution in [-0.2, 0) is 11.2 Å². The predicted molar refractivity (Wildman–Crippen MR) is 76.7 cm³/mol. The number of hydrogen-bond donors (Lipinski definition) is 1. The Morgan fingerprint density at radius 1 is 1.35 bits per heavy atom. The first kappa shape index (κ1) is 13.7. The standard InChI is InChI=1S/C15H15N3O2/c1-20-14-7-3-2-6-13(14)9-15(19)18-17-11-12-5-4-8-16-10-12/h2-8,10-11H,9H2,1H3,(H,18,19). The molecule has 0 saturated carbocycles. The molecule has 1 aromatic carbocycles. The predicted octanol–water partition coefficient (Wildman–Crippen LogP) is 1.78. The number of nitrogens with one attached hydrogen (secondary N) is 1. The number of benzene rings is 1. The lowest BCUT2D eigenvalue weighted by molar-refractivity contribution is -0.120. The second-order valence-electron chi connectivity index (χ2n) is 4.07. The van der Waals surface area contributed by atoms with Crippen molar-refractivity contribution in [1.82, 2.24) is 10.4 Å². The Balaban J connectivity index is 1.91. The third-order valence-electron chi connectivity index (χ3n) is 2.63. The van der Waals surface area contributed by atoms with Crippen molar-refractivity contribution in [2.75, 3.05) is 7.11 Å². The highest BCUT2D eigenvalue weighted by molar-refractivity contribution is 5.83. The van der Waals surface area contributed by atoms with Gasteiger partial charge in [0.25, 0.3) is 0 Å². The third kappa shape index (κ3) is 3.91. The minimum atomic E-state index is -0.199. The number of amides is 1. The van der Waals surface area contributed by atoms with E-state index in [1.165, 1.54) is 0 Å². The topological polar surface area (TPSA) is 63.6 Å². The van der Waals surface area contributed by atoms with E-state index in [1.54, 1.807) is 31.8 Å². The number of para-hydroxylation sites is 1. The molecular weight excluding hydrogens is 254 g/mol. The van der Waals surface area contributed by atoms with E-state index in [0.29, 0.717) is 5.75 Å². The molecule has 102 valence electrons. The van der Waals surface area contributed by atoms with Gasteiger partial charge >= 0.3 is 0 Å². The monoisotopic (exact) mass is 269 g/mol. The van der Waals surface area contributed by atoms with Gasteiger partial charge in [0, 0.05) is 23.5 Å². The fraction of sp³-hybridized carbons (Fsp3) is 0.133. The van der Waals surface area contributed by atoms with Gasteiger partial charge in [-0.05, 0) is 12.1 Å². The van der Waals surface area contributed by atoms with Gasteiger partial charge in [0.05, 0.1) is 19.7 Å². The Labute approximate surface area is 117 Å². The van der Waals surface area contributed by atoms with Crippen LogP contribution in [0.5, 0.6) is 5.75 Å². The van der Waals surface area contributed by atoms with Gasteiger partial charge in [0.15, 0.2) is 0 Å². The zero-order chi connectivity index (χ0) is 14.2. The highest BCUT2D eigenvalue weighted by atomic mass is 16.5. The lowest BCUT2D eigenvalue weighted by Crippen LogP contribution is -2.20. The molecule has 0 radical (unpaired) electrons. The summed E-state index contributed by atoms with van der Waals surface area (Å²) in [5.41, 5.74) is 4.13. The number of hydrogen-bond acceptors (Lipinski definition) is 4. The zero-order valence-corrected chi connectivity index (χ0v) is 11.1. The van der Waals surface area contributed by atoms with Gasteiger partial charge in [0.2, 0.25) is 5.91 Å². The normalized spacial score (nSPS) is 10.4. The first-order chi connectivity index (χ1) is 9.79. The van der Waals surface area contributed by atoms with Crippen molar-refractivity contribution < 1.29 is 9.53 Å². The molecule has 0 aliphatic rings. The molecule has 0 unspecified atom stereocenters. The number of carbonyl (C=O) groups excluding carboxylic acids is 1. The molecule has 0 aliphatic carbocycles. The maximum absolute atomic E-state index is 11.8. The maximum atomic E-state index is 11.8. The fourth-order valence-corrected chi connectivity index (χ4v) is 1.69. The van der Waals surface area contributed by atoms with E-state index >= 15 is 0 Å². The summed E-state index contributed by atoms with van der Waals surface area (Å²) in [6.07, 6.45) is 5.11. The molecule has 1 amide bonds. The minimum Gasteiger partial charge on any atom is -0.496 e. The SMILES string of the molecule is COc1ccccc1CC(=O)NN=Cc1cccnc1. The summed E-state index contributed by atoms with van der Waals surface area (Å²) < 4.78 is 5.19. The number of nitrogens with zero attached hydrogens (tertiary/aromatic N) is 2. The highest BCUT2D eigenvalue weighted by Crippen LogP contribution is 2.17. The third-order valence-corrected chi connectivity index (χ3v) is 2.63. The van der Waals surface area contributed by atoms with E-state index in [9.17, 15) is 4.79 Å². The quantitative estimate of drug-likeness (QED) is 0.664. The molecule has 0 atom stereocenters. The molecule has 1 aromatic heterocycles. The summed E-state index contributed by atoms with van der Waals surface area (Å²) in [4.78, 5) is 15.7. The van der Waals surface area contributed by atoms with Crippen molar-refractivity contribution in [3.63, 3.8) is 0 Å². The van der Waals surface area contributed by atoms with Gasteiger partial charge in [-0.2, -0.15) is 5.10 Å². The van der Waals surface area contributed by atoms with Crippen LogP contribution < -0.4 is 10.2 Å². The van der Waals surface area contributed by atoms with Crippen LogP contribution in [0.25, 0.3) is 0 Å². The summed E-state index contributed by atoms with van der Waals surface area (Å²) in [7, 11) is 1.58. The van der Waals surface area contributed by atoms with Crippen LogP contribution in [0.3, 0.4) is 0 Å². The molecular formula is C15H15N3O2. The van der Waals surface area contributed by atoms with Crippen molar-refractivity contribution in [2.45, 2.75) is 6.42 Å². The Kier molecular flexibility index (Phi) is 4.83. The molecule has 1 heterocycles. The van der Waals surface area contributed by atoms with E-state index in [2.05, 4.69) is 15.5 Å². The second kappa shape index (κ2) is 7.04. The summed E-state index contributed by atoms with van der Waals surface area (Å²) >= 11 is 0. The minimum absolute atomic E-state index is 0.199. The van der Waals surface area contributed by atoms with Crippen molar-refractivity contribution in [3.05, 3.63) is 59.9 Å². The molecule has 0 aliphatic heterocycles. The Hall–Kier alpha value is -2.69. The number of rotatable bonds is 5. The van der Waals surface area contributed by atoms with E-state index in [4.69, 9.17) is 4.74 Å². The van der Waals surface area contributed by atoms with Crippen LogP contribution in [0.4, 0.5) is 0 Å². The molecule has 1 N–H and O–H groups in total. The van der Waals surface area contributed by atoms with Crippen molar-refractivity contribution in [3.8, 4) is 5.75 Å². The molecule has 0 spiro atoms. The van der Waals surface area contributed by atoms with Crippen LogP contribution in [0.2, 0.25) is 0 Å². The molecule has 0 bridgehead atoms. The Bertz CT molecular complexity index is 597. The molecule has 5 heteroatoms. The molecule has 2 rings (SSSR count). The number of aromatic nitrogens is 1. The van der Waals surface area contributed by atoms with Gasteiger partial charge < -0.3 is 4.74 Å². The van der Waals surface area contributed by atoms with Gasteiger partial charge in [0.1, 0.15) is 5.75 Å². The average Bonchev–Trinajstić information content (AvgIpc) is 2.49. The van der Waals surface area contributed by atoms with E-state index in [0.717, 1.165) is 11.1 Å². The summed E-state index contributed by atoms with van der Waals surface area (Å²) in [5, 5.41) is 3.89. The van der Waals surface area contributed by atoms with Gasteiger partial charge in [-0.3, -0.25) is 9.78 Å². The smallest absolute Gasteiger partial charge is 0.244 e. The molecule has 0 saturated heterocycles. The maximum Gasteiger partial charge on any atom is 0.244 e. The van der Waals surface area contributed by atoms with Crippen molar-refractivity contribution in [1.29, 1.82) is 0 Å². The molecule has 2 aromatic rings. The first-order valence-corrected chi connectivity index (χ1v) is 6.13. The van der Waals surface area contributed by atoms with E-state index < -0.39 is 0 Å². The number of methoxy groups -OCH3 is 1. The summed E-state index contributed by atoms with van der Waals surface area (Å²) in [6, 6.07) is 11.1. The largest absolute Gasteiger partial charge is 0.496 e. The second-order valence-corrected chi connectivity index (χ2v) is 4.07. The summed E-state index contributed by atoms with van der Waals surface area (Å²) in [5.74, 6) is 0.494. The Morgan fingerprint density at radius 2 is 2.20 bits per heavy atom. The van der Waals surface area contributed by atoms with Crippen LogP contribution in [0, 0.1) is 0 Å². The van der Waals surface area contributed by atoms with Gasteiger partial charge in [-0.25, -0.2) is 5.43 Å². The molecule has 20 heavy (non-hydrogen) atoms. The van der Waals surface area contributed by atoms with Crippen LogP contribution in [0.15, 0.2) is 53.9 Å². The van der Waals surface area contributed by atoms with Gasteiger partial charge in [-0.1, -0.05) is 24.3 Å². The lowest BCUT2D eigenvalue weighted by Gasteiger charge is -2.06. The number of carbonyl (C=O) groups is 1. The number of hydrazone groups is 1. The van der Waals surface area contributed by atoms with E-state index in [-0.39, 0.29) is 12.3 Å². The van der Waals surface area contributed by atoms with Crippen LogP contribution in [0.1, 0.15) is 11.1 Å². The summed E-state index contributed by atoms with van der Waals surface area (Å²) in [6.45, 7) is 0. The number of ether oxygens (including phenoxy) is 1. The highest BCUT2D eigenvalue weighted by Gasteiger charge is 2.06. The average molecular weight is 269 g/mol. The van der Waals surface area contributed by atoms with Crippen LogP contribution >= 0.6 is 0 Å². The molecule has 5 nitrogen and oxygen atoms in total. The number of pyridine rings is 1. The van der Waals surface area contributed by atoms with E-state index in [1.807, 2.05) is 30.3 Å². The molecule has 0 fully saturated rings. The first-order valence-electron chi connectivity index (χ1n) is 6.13. The lowest BCUT2D eigenvalue weighted by atomic mass is 10.1. The fourth-order valence-electron chi connectivity index (χ4n) is 1.69. The van der Waals surface area contributed by atoms with Crippen LogP contribution in [-0.4, -0.2) is 24.2 Å². The Morgan fingerprint density at radius 3 is 2.95 bits per heavy atom. The zero-order valence-electron chi connectivity index (χ0n) is 11.1. The van der Waals surface area contributed by atoms with Crippen molar-refractivity contribution >= 4 is 12.1 Å².